The van der Waals surface area contributed by atoms with E-state index in [0.29, 0.717) is 23.6 Å². The van der Waals surface area contributed by atoms with Crippen molar-refractivity contribution in [1.82, 2.24) is 9.80 Å². The molecular formula is C30H32N2O5. The topological polar surface area (TPSA) is 71.5 Å². The molecule has 1 N–H and O–H groups in total. The lowest BCUT2D eigenvalue weighted by Gasteiger charge is -2.57. The number of aliphatic hydroxyl groups excluding tert-OH is 1. The predicted octanol–water partition coefficient (Wildman–Crippen LogP) is 4.16. The van der Waals surface area contributed by atoms with E-state index < -0.39 is 0 Å². The molecule has 3 aliphatic rings. The van der Waals surface area contributed by atoms with Gasteiger partial charge in [-0.1, -0.05) is 36.4 Å². The number of amides is 1. The predicted molar refractivity (Wildman–Crippen MR) is 140 cm³/mol. The molecule has 3 aromatic carbocycles. The third-order valence-electron chi connectivity index (χ3n) is 7.98. The third kappa shape index (κ3) is 4.43. The Morgan fingerprint density at radius 3 is 2.59 bits per heavy atom. The van der Waals surface area contributed by atoms with E-state index in [9.17, 15) is 9.90 Å². The number of rotatable bonds is 5. The molecule has 1 amide bonds. The number of nitrogens with zero attached hydrogens (tertiary/aromatic N) is 2. The Labute approximate surface area is 217 Å². The summed E-state index contributed by atoms with van der Waals surface area (Å²) in [5, 5.41) is 10.3. The van der Waals surface area contributed by atoms with Gasteiger partial charge in [0.15, 0.2) is 11.5 Å². The van der Waals surface area contributed by atoms with E-state index in [4.69, 9.17) is 14.2 Å². The third-order valence-corrected chi connectivity index (χ3v) is 7.98. The van der Waals surface area contributed by atoms with Gasteiger partial charge in [0.05, 0.1) is 13.7 Å². The first kappa shape index (κ1) is 23.8. The maximum atomic E-state index is 13.5. The summed E-state index contributed by atoms with van der Waals surface area (Å²) >= 11 is 0. The highest BCUT2D eigenvalue weighted by Gasteiger charge is 2.49. The van der Waals surface area contributed by atoms with Gasteiger partial charge in [-0.15, -0.1) is 0 Å². The number of benzene rings is 3. The van der Waals surface area contributed by atoms with Gasteiger partial charge in [-0.25, -0.2) is 0 Å². The van der Waals surface area contributed by atoms with Gasteiger partial charge >= 0.3 is 0 Å². The van der Waals surface area contributed by atoms with Crippen LogP contribution in [0.15, 0.2) is 66.7 Å². The Kier molecular flexibility index (Phi) is 6.49. The summed E-state index contributed by atoms with van der Waals surface area (Å²) in [6, 6.07) is 22.3. The molecule has 0 unspecified atom stereocenters. The minimum absolute atomic E-state index is 0.0136. The fraction of sp³-hybridized carbons (Fsp3) is 0.367. The maximum absolute atomic E-state index is 13.5. The monoisotopic (exact) mass is 500 g/mol. The Hall–Kier alpha value is -3.55. The summed E-state index contributed by atoms with van der Waals surface area (Å²) in [6.45, 7) is 2.60. The fourth-order valence-corrected chi connectivity index (χ4v) is 6.04. The van der Waals surface area contributed by atoms with Gasteiger partial charge in [0.25, 0.3) is 5.91 Å². The van der Waals surface area contributed by atoms with E-state index in [1.807, 2.05) is 35.2 Å². The Bertz CT molecular complexity index is 1280. The first-order chi connectivity index (χ1) is 18.2. The molecule has 0 spiro atoms. The quantitative estimate of drug-likeness (QED) is 0.568. The van der Waals surface area contributed by atoms with Crippen molar-refractivity contribution >= 4 is 5.91 Å². The van der Waals surface area contributed by atoms with Gasteiger partial charge in [0, 0.05) is 36.7 Å². The van der Waals surface area contributed by atoms with E-state index in [0.717, 1.165) is 42.8 Å². The summed E-state index contributed by atoms with van der Waals surface area (Å²) in [6.07, 6.45) is 1.94. The highest BCUT2D eigenvalue weighted by Crippen LogP contribution is 2.43. The molecule has 7 heteroatoms. The smallest absolute Gasteiger partial charge is 0.254 e. The molecule has 2 saturated heterocycles. The van der Waals surface area contributed by atoms with Crippen LogP contribution in [0.3, 0.4) is 0 Å². The summed E-state index contributed by atoms with van der Waals surface area (Å²) in [7, 11) is 1.68. The van der Waals surface area contributed by atoms with Crippen molar-refractivity contribution in [3.63, 3.8) is 0 Å². The van der Waals surface area contributed by atoms with Crippen LogP contribution in [-0.2, 0) is 0 Å². The second-order valence-electron chi connectivity index (χ2n) is 9.96. The van der Waals surface area contributed by atoms with Crippen LogP contribution < -0.4 is 14.2 Å². The van der Waals surface area contributed by atoms with Crippen molar-refractivity contribution in [2.75, 3.05) is 40.1 Å². The number of ether oxygens (including phenoxy) is 3. The molecule has 7 nitrogen and oxygen atoms in total. The average molecular weight is 501 g/mol. The molecule has 0 bridgehead atoms. The fourth-order valence-electron chi connectivity index (χ4n) is 6.04. The normalized spacial score (nSPS) is 23.0. The number of carbonyl (C=O) groups is 1. The van der Waals surface area contributed by atoms with Crippen LogP contribution in [0.25, 0.3) is 11.1 Å². The van der Waals surface area contributed by atoms with E-state index in [2.05, 4.69) is 35.2 Å². The molecule has 3 heterocycles. The van der Waals surface area contributed by atoms with Crippen LogP contribution in [0.1, 0.15) is 34.7 Å². The lowest BCUT2D eigenvalue weighted by atomic mass is 9.74. The van der Waals surface area contributed by atoms with Crippen molar-refractivity contribution in [2.45, 2.75) is 30.8 Å². The average Bonchev–Trinajstić information content (AvgIpc) is 3.40. The minimum atomic E-state index is 0.0136. The van der Waals surface area contributed by atoms with Crippen molar-refractivity contribution in [1.29, 1.82) is 0 Å². The Morgan fingerprint density at radius 1 is 0.973 bits per heavy atom. The highest BCUT2D eigenvalue weighted by atomic mass is 16.7. The molecule has 3 aliphatic heterocycles. The molecule has 0 aliphatic carbocycles. The zero-order chi connectivity index (χ0) is 25.4. The molecule has 2 fully saturated rings. The van der Waals surface area contributed by atoms with Gasteiger partial charge in [-0.3, -0.25) is 9.69 Å². The summed E-state index contributed by atoms with van der Waals surface area (Å²) in [5.74, 6) is 2.31. The summed E-state index contributed by atoms with van der Waals surface area (Å²) in [5.41, 5.74) is 4.04. The minimum Gasteiger partial charge on any atom is -0.497 e. The summed E-state index contributed by atoms with van der Waals surface area (Å²) < 4.78 is 16.3. The molecular weight excluding hydrogens is 468 g/mol. The van der Waals surface area contributed by atoms with Gasteiger partial charge in [-0.2, -0.15) is 0 Å². The number of hydrogen-bond acceptors (Lipinski definition) is 6. The Morgan fingerprint density at radius 2 is 1.78 bits per heavy atom. The second kappa shape index (κ2) is 10.1. The van der Waals surface area contributed by atoms with Crippen LogP contribution in [0.5, 0.6) is 17.2 Å². The number of carbonyl (C=O) groups excluding carboxylic acids is 1. The maximum Gasteiger partial charge on any atom is 0.254 e. The van der Waals surface area contributed by atoms with Crippen LogP contribution in [0.2, 0.25) is 0 Å². The first-order valence-electron chi connectivity index (χ1n) is 13.0. The molecule has 0 saturated carbocycles. The molecule has 192 valence electrons. The van der Waals surface area contributed by atoms with E-state index in [1.54, 1.807) is 13.2 Å². The number of aliphatic hydroxyl groups is 1. The Balaban J connectivity index is 1.24. The van der Waals surface area contributed by atoms with Crippen LogP contribution >= 0.6 is 0 Å². The number of hydrogen-bond donors (Lipinski definition) is 1. The molecule has 3 aromatic rings. The SMILES string of the molecule is COc1cccc(-c2ccc([C@H]3[C@H]4CN(C(=O)c5ccc6c(c5)OCO6)CCCCN4[C@H]3CO)cc2)c1. The molecule has 6 rings (SSSR count). The van der Waals surface area contributed by atoms with Crippen molar-refractivity contribution < 1.29 is 24.1 Å². The molecule has 3 atom stereocenters. The summed E-state index contributed by atoms with van der Waals surface area (Å²) in [4.78, 5) is 17.9. The zero-order valence-corrected chi connectivity index (χ0v) is 21.0. The zero-order valence-electron chi connectivity index (χ0n) is 21.0. The molecule has 0 radical (unpaired) electrons. The lowest BCUT2D eigenvalue weighted by Crippen LogP contribution is -2.67. The number of fused-ring (bicyclic) bond motifs is 2. The van der Waals surface area contributed by atoms with Gasteiger partial charge in [0.2, 0.25) is 6.79 Å². The van der Waals surface area contributed by atoms with Crippen molar-refractivity contribution in [2.24, 2.45) is 0 Å². The van der Waals surface area contributed by atoms with E-state index in [1.165, 1.54) is 5.56 Å². The highest BCUT2D eigenvalue weighted by molar-refractivity contribution is 5.95. The van der Waals surface area contributed by atoms with Gasteiger partial charge < -0.3 is 24.2 Å². The number of methoxy groups -OCH3 is 1. The van der Waals surface area contributed by atoms with E-state index >= 15 is 0 Å². The van der Waals surface area contributed by atoms with Crippen molar-refractivity contribution in [3.8, 4) is 28.4 Å². The largest absolute Gasteiger partial charge is 0.497 e. The lowest BCUT2D eigenvalue weighted by molar-refractivity contribution is -0.0606. The van der Waals surface area contributed by atoms with Crippen LogP contribution in [-0.4, -0.2) is 73.0 Å². The van der Waals surface area contributed by atoms with Crippen molar-refractivity contribution in [3.05, 3.63) is 77.9 Å². The van der Waals surface area contributed by atoms with Gasteiger partial charge in [0.1, 0.15) is 5.75 Å². The second-order valence-corrected chi connectivity index (χ2v) is 9.96. The molecule has 37 heavy (non-hydrogen) atoms. The van der Waals surface area contributed by atoms with E-state index in [-0.39, 0.29) is 37.3 Å². The van der Waals surface area contributed by atoms with Crippen LogP contribution in [0.4, 0.5) is 0 Å². The van der Waals surface area contributed by atoms with Gasteiger partial charge in [-0.05, 0) is 66.4 Å². The standard InChI is InChI=1S/C30H32N2O5/c1-35-24-6-4-5-22(15-24)20-7-9-21(10-8-20)29-25-17-31(13-2-3-14-32(25)26(29)18-33)30(34)23-11-12-27-28(16-23)37-19-36-27/h4-12,15-16,25-26,29,33H,2-3,13-14,17-19H2,1H3/t25-,26+,29+/m1/s1. The molecule has 0 aromatic heterocycles. The first-order valence-corrected chi connectivity index (χ1v) is 13.0. The van der Waals surface area contributed by atoms with Crippen LogP contribution in [0, 0.1) is 0 Å².